The van der Waals surface area contributed by atoms with Crippen LogP contribution in [-0.2, 0) is 11.8 Å². The number of carbonyl (C=O) groups excluding carboxylic acids is 1. The molecule has 1 aromatic rings. The van der Waals surface area contributed by atoms with E-state index in [0.717, 1.165) is 31.8 Å². The Morgan fingerprint density at radius 1 is 1.62 bits per heavy atom. The van der Waals surface area contributed by atoms with E-state index < -0.39 is 0 Å². The summed E-state index contributed by atoms with van der Waals surface area (Å²) in [5, 5.41) is 6.16. The lowest BCUT2D eigenvalue weighted by Crippen LogP contribution is -2.25. The van der Waals surface area contributed by atoms with Crippen molar-refractivity contribution < 1.29 is 4.79 Å². The third-order valence-electron chi connectivity index (χ3n) is 2.63. The molecule has 0 radical (unpaired) electrons. The van der Waals surface area contributed by atoms with Crippen LogP contribution in [0.5, 0.6) is 0 Å². The van der Waals surface area contributed by atoms with Gasteiger partial charge in [0.2, 0.25) is 11.9 Å². The first kappa shape index (κ1) is 11.0. The summed E-state index contributed by atoms with van der Waals surface area (Å²) in [5.74, 6) is 1.02. The highest BCUT2D eigenvalue weighted by Crippen LogP contribution is 2.18. The number of hydrogen-bond donors (Lipinski definition) is 2. The zero-order chi connectivity index (χ0) is 11.4. The number of rotatable bonds is 6. The number of carbonyl (C=O) groups is 1. The van der Waals surface area contributed by atoms with Crippen LogP contribution >= 0.6 is 0 Å². The van der Waals surface area contributed by atoms with E-state index in [1.165, 1.54) is 0 Å². The van der Waals surface area contributed by atoms with Gasteiger partial charge in [-0.25, -0.2) is 4.98 Å². The van der Waals surface area contributed by atoms with Gasteiger partial charge in [-0.2, -0.15) is 0 Å². The molecule has 0 spiro atoms. The van der Waals surface area contributed by atoms with E-state index in [0.29, 0.717) is 12.5 Å². The summed E-state index contributed by atoms with van der Waals surface area (Å²) in [6, 6.07) is 0.468. The first-order valence-electron chi connectivity index (χ1n) is 5.76. The molecule has 2 N–H and O–H groups in total. The van der Waals surface area contributed by atoms with Crippen molar-refractivity contribution in [3.8, 4) is 0 Å². The lowest BCUT2D eigenvalue weighted by molar-refractivity contribution is -0.121. The average molecular weight is 222 g/mol. The Balaban J connectivity index is 1.57. The molecular weight excluding hydrogens is 204 g/mol. The molecule has 1 aliphatic rings. The number of amides is 1. The van der Waals surface area contributed by atoms with Crippen molar-refractivity contribution in [2.24, 2.45) is 7.05 Å². The summed E-state index contributed by atoms with van der Waals surface area (Å²) >= 11 is 0. The van der Waals surface area contributed by atoms with Gasteiger partial charge in [0, 0.05) is 38.4 Å². The van der Waals surface area contributed by atoms with E-state index in [1.807, 2.05) is 17.8 Å². The maximum atomic E-state index is 11.4. The van der Waals surface area contributed by atoms with E-state index >= 15 is 0 Å². The first-order valence-corrected chi connectivity index (χ1v) is 5.76. The summed E-state index contributed by atoms with van der Waals surface area (Å²) in [6.45, 7) is 0.781. The van der Waals surface area contributed by atoms with Crippen LogP contribution in [0.3, 0.4) is 0 Å². The van der Waals surface area contributed by atoms with E-state index in [-0.39, 0.29) is 5.91 Å². The molecule has 1 heterocycles. The van der Waals surface area contributed by atoms with Gasteiger partial charge in [-0.05, 0) is 19.3 Å². The monoisotopic (exact) mass is 222 g/mol. The fourth-order valence-corrected chi connectivity index (χ4v) is 1.51. The van der Waals surface area contributed by atoms with Crippen LogP contribution in [0.15, 0.2) is 12.4 Å². The molecule has 1 aliphatic carbocycles. The second-order valence-electron chi connectivity index (χ2n) is 4.23. The molecule has 88 valence electrons. The molecule has 1 amide bonds. The fourth-order valence-electron chi connectivity index (χ4n) is 1.51. The molecule has 5 nitrogen and oxygen atoms in total. The minimum Gasteiger partial charge on any atom is -0.356 e. The molecule has 0 atom stereocenters. The van der Waals surface area contributed by atoms with Gasteiger partial charge >= 0.3 is 0 Å². The molecule has 1 fully saturated rings. The van der Waals surface area contributed by atoms with Gasteiger partial charge in [-0.3, -0.25) is 4.79 Å². The summed E-state index contributed by atoms with van der Waals surface area (Å²) < 4.78 is 1.92. The van der Waals surface area contributed by atoms with Gasteiger partial charge in [0.1, 0.15) is 0 Å². The summed E-state index contributed by atoms with van der Waals surface area (Å²) in [7, 11) is 1.94. The largest absolute Gasteiger partial charge is 0.356 e. The van der Waals surface area contributed by atoms with Crippen molar-refractivity contribution in [1.82, 2.24) is 14.9 Å². The van der Waals surface area contributed by atoms with Gasteiger partial charge in [-0.15, -0.1) is 0 Å². The van der Waals surface area contributed by atoms with Crippen molar-refractivity contribution in [3.63, 3.8) is 0 Å². The third-order valence-corrected chi connectivity index (χ3v) is 2.63. The van der Waals surface area contributed by atoms with Crippen LogP contribution in [0.25, 0.3) is 0 Å². The Labute approximate surface area is 95.2 Å². The van der Waals surface area contributed by atoms with Crippen LogP contribution in [0.1, 0.15) is 25.7 Å². The maximum absolute atomic E-state index is 11.4. The van der Waals surface area contributed by atoms with E-state index in [9.17, 15) is 4.79 Å². The number of hydrogen-bond acceptors (Lipinski definition) is 3. The molecule has 1 saturated carbocycles. The molecule has 1 aromatic heterocycles. The molecule has 0 aromatic carbocycles. The zero-order valence-electron chi connectivity index (χ0n) is 9.57. The summed E-state index contributed by atoms with van der Waals surface area (Å²) in [4.78, 5) is 15.5. The van der Waals surface area contributed by atoms with Crippen LogP contribution in [0.4, 0.5) is 5.95 Å². The van der Waals surface area contributed by atoms with Gasteiger partial charge in [0.05, 0.1) is 0 Å². The topological polar surface area (TPSA) is 59.0 Å². The zero-order valence-corrected chi connectivity index (χ0v) is 9.57. The molecule has 0 aliphatic heterocycles. The van der Waals surface area contributed by atoms with Crippen LogP contribution in [-0.4, -0.2) is 28.0 Å². The predicted octanol–water partition coefficient (Wildman–Crippen LogP) is 0.891. The van der Waals surface area contributed by atoms with E-state index in [2.05, 4.69) is 15.6 Å². The third kappa shape index (κ3) is 3.25. The highest BCUT2D eigenvalue weighted by molar-refractivity contribution is 5.76. The second-order valence-corrected chi connectivity index (χ2v) is 4.23. The van der Waals surface area contributed by atoms with Crippen LogP contribution < -0.4 is 10.6 Å². The number of imidazole rings is 1. The number of anilines is 1. The average Bonchev–Trinajstić information content (AvgIpc) is 2.96. The van der Waals surface area contributed by atoms with Crippen molar-refractivity contribution >= 4 is 11.9 Å². The molecule has 0 saturated heterocycles. The standard InChI is InChI=1S/C11H18N4O/c1-15-8-7-13-11(15)12-6-2-3-10(16)14-9-4-5-9/h7-9H,2-6H2,1H3,(H,12,13)(H,14,16). The molecule has 0 bridgehead atoms. The van der Waals surface area contributed by atoms with Crippen molar-refractivity contribution in [2.75, 3.05) is 11.9 Å². The van der Waals surface area contributed by atoms with Crippen molar-refractivity contribution in [3.05, 3.63) is 12.4 Å². The van der Waals surface area contributed by atoms with Gasteiger partial charge in [-0.1, -0.05) is 0 Å². The highest BCUT2D eigenvalue weighted by atomic mass is 16.1. The molecule has 5 heteroatoms. The number of nitrogens with zero attached hydrogens (tertiary/aromatic N) is 2. The Bertz CT molecular complexity index is 357. The number of nitrogens with one attached hydrogen (secondary N) is 2. The summed E-state index contributed by atoms with van der Waals surface area (Å²) in [5.41, 5.74) is 0. The molecule has 0 unspecified atom stereocenters. The number of aryl methyl sites for hydroxylation is 1. The van der Waals surface area contributed by atoms with E-state index in [1.54, 1.807) is 6.20 Å². The Kier molecular flexibility index (Phi) is 3.44. The number of aromatic nitrogens is 2. The van der Waals surface area contributed by atoms with Crippen molar-refractivity contribution in [2.45, 2.75) is 31.7 Å². The predicted molar refractivity (Wildman–Crippen MR) is 62.1 cm³/mol. The Hall–Kier alpha value is -1.52. The highest BCUT2D eigenvalue weighted by Gasteiger charge is 2.22. The van der Waals surface area contributed by atoms with Gasteiger partial charge in [0.15, 0.2) is 0 Å². The minimum absolute atomic E-state index is 0.171. The SMILES string of the molecule is Cn1ccnc1NCCCC(=O)NC1CC1. The molecular formula is C11H18N4O. The van der Waals surface area contributed by atoms with Crippen molar-refractivity contribution in [1.29, 1.82) is 0 Å². The van der Waals surface area contributed by atoms with Gasteiger partial charge < -0.3 is 15.2 Å². The minimum atomic E-state index is 0.171. The summed E-state index contributed by atoms with van der Waals surface area (Å²) in [6.07, 6.45) is 7.37. The lowest BCUT2D eigenvalue weighted by atomic mass is 10.3. The maximum Gasteiger partial charge on any atom is 0.220 e. The smallest absolute Gasteiger partial charge is 0.220 e. The molecule has 2 rings (SSSR count). The fraction of sp³-hybridized carbons (Fsp3) is 0.636. The van der Waals surface area contributed by atoms with E-state index in [4.69, 9.17) is 0 Å². The quantitative estimate of drug-likeness (QED) is 0.703. The lowest BCUT2D eigenvalue weighted by Gasteiger charge is -2.06. The first-order chi connectivity index (χ1) is 7.75. The second kappa shape index (κ2) is 5.01. The molecule has 16 heavy (non-hydrogen) atoms. The van der Waals surface area contributed by atoms with Gasteiger partial charge in [0.25, 0.3) is 0 Å². The normalized spacial score (nSPS) is 14.8. The Morgan fingerprint density at radius 2 is 2.44 bits per heavy atom. The van der Waals surface area contributed by atoms with Crippen LogP contribution in [0, 0.1) is 0 Å². The van der Waals surface area contributed by atoms with Crippen LogP contribution in [0.2, 0.25) is 0 Å². The Morgan fingerprint density at radius 3 is 3.06 bits per heavy atom.